The summed E-state index contributed by atoms with van der Waals surface area (Å²) in [4.78, 5) is 11.7. The molecule has 1 amide bonds. The molecule has 82 valence electrons. The number of aryl methyl sites for hydroxylation is 2. The number of carbonyl (C=O) groups is 1. The van der Waals surface area contributed by atoms with Crippen molar-refractivity contribution < 1.29 is 9.53 Å². The summed E-state index contributed by atoms with van der Waals surface area (Å²) in [5, 5.41) is 1.05. The van der Waals surface area contributed by atoms with E-state index in [1.54, 1.807) is 13.2 Å². The molecule has 1 aromatic rings. The van der Waals surface area contributed by atoms with Gasteiger partial charge in [-0.05, 0) is 31.0 Å². The predicted molar refractivity (Wildman–Crippen MR) is 58.7 cm³/mol. The van der Waals surface area contributed by atoms with Gasteiger partial charge in [0.2, 0.25) is 0 Å². The molecule has 4 nitrogen and oxygen atoms in total. The SMILES string of the molecule is COc1c(C)cc(C)cc1C(=O)N(C)N. The molecule has 0 aliphatic rings. The van der Waals surface area contributed by atoms with E-state index in [0.717, 1.165) is 16.1 Å². The smallest absolute Gasteiger partial charge is 0.271 e. The van der Waals surface area contributed by atoms with Crippen molar-refractivity contribution in [3.8, 4) is 5.75 Å². The Kier molecular flexibility index (Phi) is 3.31. The number of ether oxygens (including phenoxy) is 1. The molecule has 0 bridgehead atoms. The predicted octanol–water partition coefficient (Wildman–Crippen LogP) is 1.26. The van der Waals surface area contributed by atoms with Crippen molar-refractivity contribution in [2.45, 2.75) is 13.8 Å². The van der Waals surface area contributed by atoms with E-state index in [1.807, 2.05) is 19.9 Å². The Morgan fingerprint density at radius 1 is 1.40 bits per heavy atom. The van der Waals surface area contributed by atoms with Gasteiger partial charge in [0.25, 0.3) is 5.91 Å². The zero-order chi connectivity index (χ0) is 11.6. The van der Waals surface area contributed by atoms with Crippen molar-refractivity contribution in [1.82, 2.24) is 5.01 Å². The number of carbonyl (C=O) groups excluding carboxylic acids is 1. The van der Waals surface area contributed by atoms with Gasteiger partial charge < -0.3 is 4.74 Å². The van der Waals surface area contributed by atoms with Crippen LogP contribution in [0.15, 0.2) is 12.1 Å². The minimum Gasteiger partial charge on any atom is -0.496 e. The number of methoxy groups -OCH3 is 1. The van der Waals surface area contributed by atoms with E-state index in [0.29, 0.717) is 11.3 Å². The van der Waals surface area contributed by atoms with Gasteiger partial charge in [-0.15, -0.1) is 0 Å². The summed E-state index contributed by atoms with van der Waals surface area (Å²) in [5.74, 6) is 5.75. The highest BCUT2D eigenvalue weighted by atomic mass is 16.5. The van der Waals surface area contributed by atoms with E-state index in [2.05, 4.69) is 0 Å². The highest BCUT2D eigenvalue weighted by molar-refractivity contribution is 5.97. The maximum Gasteiger partial charge on any atom is 0.271 e. The number of benzene rings is 1. The average Bonchev–Trinajstić information content (AvgIpc) is 2.15. The first kappa shape index (κ1) is 11.5. The van der Waals surface area contributed by atoms with Gasteiger partial charge in [-0.3, -0.25) is 9.80 Å². The summed E-state index contributed by atoms with van der Waals surface area (Å²) in [5.41, 5.74) is 2.45. The van der Waals surface area contributed by atoms with E-state index < -0.39 is 0 Å². The van der Waals surface area contributed by atoms with Gasteiger partial charge in [-0.2, -0.15) is 0 Å². The number of nitrogens with zero attached hydrogens (tertiary/aromatic N) is 1. The molecule has 0 spiro atoms. The molecule has 15 heavy (non-hydrogen) atoms. The molecule has 0 radical (unpaired) electrons. The van der Waals surface area contributed by atoms with Crippen LogP contribution < -0.4 is 10.6 Å². The van der Waals surface area contributed by atoms with E-state index >= 15 is 0 Å². The molecule has 1 aromatic carbocycles. The second kappa shape index (κ2) is 4.31. The van der Waals surface area contributed by atoms with E-state index in [1.165, 1.54) is 7.05 Å². The van der Waals surface area contributed by atoms with Crippen molar-refractivity contribution in [2.75, 3.05) is 14.2 Å². The normalized spacial score (nSPS) is 9.93. The number of amides is 1. The van der Waals surface area contributed by atoms with Crippen LogP contribution in [0.1, 0.15) is 21.5 Å². The lowest BCUT2D eigenvalue weighted by Crippen LogP contribution is -2.33. The molecular weight excluding hydrogens is 192 g/mol. The largest absolute Gasteiger partial charge is 0.496 e. The maximum atomic E-state index is 11.7. The average molecular weight is 208 g/mol. The van der Waals surface area contributed by atoms with Gasteiger partial charge >= 0.3 is 0 Å². The van der Waals surface area contributed by atoms with E-state index in [9.17, 15) is 4.79 Å². The fourth-order valence-corrected chi connectivity index (χ4v) is 1.57. The maximum absolute atomic E-state index is 11.7. The van der Waals surface area contributed by atoms with Crippen LogP contribution >= 0.6 is 0 Å². The summed E-state index contributed by atoms with van der Waals surface area (Å²) in [6, 6.07) is 3.74. The fourth-order valence-electron chi connectivity index (χ4n) is 1.57. The third-order valence-electron chi connectivity index (χ3n) is 2.17. The van der Waals surface area contributed by atoms with Gasteiger partial charge in [0.15, 0.2) is 0 Å². The molecule has 0 aliphatic heterocycles. The van der Waals surface area contributed by atoms with Crippen LogP contribution in [-0.4, -0.2) is 25.1 Å². The lowest BCUT2D eigenvalue weighted by molar-refractivity contribution is 0.0791. The van der Waals surface area contributed by atoms with E-state index in [-0.39, 0.29) is 5.91 Å². The van der Waals surface area contributed by atoms with Crippen LogP contribution in [0.25, 0.3) is 0 Å². The summed E-state index contributed by atoms with van der Waals surface area (Å²) in [6.45, 7) is 3.83. The summed E-state index contributed by atoms with van der Waals surface area (Å²) in [7, 11) is 3.06. The molecule has 0 fully saturated rings. The summed E-state index contributed by atoms with van der Waals surface area (Å²) in [6.07, 6.45) is 0. The number of hydrazine groups is 1. The Balaban J connectivity index is 3.32. The van der Waals surface area contributed by atoms with Crippen molar-refractivity contribution in [3.63, 3.8) is 0 Å². The lowest BCUT2D eigenvalue weighted by atomic mass is 10.0. The molecule has 0 unspecified atom stereocenters. The molecular formula is C11H16N2O2. The molecule has 0 aliphatic carbocycles. The molecule has 4 heteroatoms. The molecule has 0 aromatic heterocycles. The molecule has 0 saturated heterocycles. The molecule has 0 heterocycles. The molecule has 2 N–H and O–H groups in total. The monoisotopic (exact) mass is 208 g/mol. The summed E-state index contributed by atoms with van der Waals surface area (Å²) >= 11 is 0. The molecule has 1 rings (SSSR count). The summed E-state index contributed by atoms with van der Waals surface area (Å²) < 4.78 is 5.20. The number of nitrogens with two attached hydrogens (primary N) is 1. The standard InChI is InChI=1S/C11H16N2O2/c1-7-5-8(2)10(15-4)9(6-7)11(14)13(3)12/h5-6H,12H2,1-4H3. The zero-order valence-corrected chi connectivity index (χ0v) is 9.50. The van der Waals surface area contributed by atoms with Gasteiger partial charge in [-0.1, -0.05) is 6.07 Å². The lowest BCUT2D eigenvalue weighted by Gasteiger charge is -2.15. The first-order valence-corrected chi connectivity index (χ1v) is 4.65. The van der Waals surface area contributed by atoms with Gasteiger partial charge in [-0.25, -0.2) is 5.84 Å². The Bertz CT molecular complexity index is 386. The zero-order valence-electron chi connectivity index (χ0n) is 9.50. The van der Waals surface area contributed by atoms with Crippen LogP contribution in [0.4, 0.5) is 0 Å². The Morgan fingerprint density at radius 3 is 2.47 bits per heavy atom. The number of rotatable bonds is 2. The second-order valence-electron chi connectivity index (χ2n) is 3.58. The minimum absolute atomic E-state index is 0.251. The topological polar surface area (TPSA) is 55.6 Å². The van der Waals surface area contributed by atoms with Crippen LogP contribution in [0, 0.1) is 13.8 Å². The highest BCUT2D eigenvalue weighted by Crippen LogP contribution is 2.25. The van der Waals surface area contributed by atoms with Crippen LogP contribution in [0.2, 0.25) is 0 Å². The third-order valence-corrected chi connectivity index (χ3v) is 2.17. The Labute approximate surface area is 89.6 Å². The number of hydrogen-bond acceptors (Lipinski definition) is 3. The van der Waals surface area contributed by atoms with Crippen LogP contribution in [0.5, 0.6) is 5.75 Å². The molecule has 0 saturated carbocycles. The van der Waals surface area contributed by atoms with Gasteiger partial charge in [0.05, 0.1) is 12.7 Å². The van der Waals surface area contributed by atoms with Crippen molar-refractivity contribution in [3.05, 3.63) is 28.8 Å². The van der Waals surface area contributed by atoms with Crippen LogP contribution in [0.3, 0.4) is 0 Å². The first-order valence-electron chi connectivity index (χ1n) is 4.65. The Hall–Kier alpha value is -1.55. The third kappa shape index (κ3) is 2.27. The van der Waals surface area contributed by atoms with Crippen molar-refractivity contribution in [1.29, 1.82) is 0 Å². The van der Waals surface area contributed by atoms with Crippen molar-refractivity contribution >= 4 is 5.91 Å². The fraction of sp³-hybridized carbons (Fsp3) is 0.364. The van der Waals surface area contributed by atoms with Crippen LogP contribution in [-0.2, 0) is 0 Å². The number of hydrogen-bond donors (Lipinski definition) is 1. The van der Waals surface area contributed by atoms with Gasteiger partial charge in [0.1, 0.15) is 5.75 Å². The van der Waals surface area contributed by atoms with E-state index in [4.69, 9.17) is 10.6 Å². The minimum atomic E-state index is -0.251. The quantitative estimate of drug-likeness (QED) is 0.452. The van der Waals surface area contributed by atoms with Crippen molar-refractivity contribution in [2.24, 2.45) is 5.84 Å². The molecule has 0 atom stereocenters. The van der Waals surface area contributed by atoms with Gasteiger partial charge in [0, 0.05) is 7.05 Å². The highest BCUT2D eigenvalue weighted by Gasteiger charge is 2.16. The second-order valence-corrected chi connectivity index (χ2v) is 3.58. The first-order chi connectivity index (χ1) is 6.97. The Morgan fingerprint density at radius 2 is 2.00 bits per heavy atom.